The summed E-state index contributed by atoms with van der Waals surface area (Å²) in [5.74, 6) is 2.09. The normalized spacial score (nSPS) is 19.9. The van der Waals surface area contributed by atoms with Gasteiger partial charge in [0, 0.05) is 35.2 Å². The molecular weight excluding hydrogens is 244 g/mol. The Morgan fingerprint density at radius 2 is 2.22 bits per heavy atom. The minimum absolute atomic E-state index is 0.0728. The largest absolute Gasteiger partial charge is 0.306 e. The first-order valence-electron chi connectivity index (χ1n) is 6.05. The van der Waals surface area contributed by atoms with E-state index in [-0.39, 0.29) is 11.8 Å². The molecule has 0 aliphatic carbocycles. The number of para-hydroxylation sites is 1. The Labute approximate surface area is 110 Å². The molecule has 92 valence electrons. The van der Waals surface area contributed by atoms with Gasteiger partial charge in [-0.3, -0.25) is 9.78 Å². The molecule has 1 aromatic heterocycles. The van der Waals surface area contributed by atoms with Gasteiger partial charge < -0.3 is 5.32 Å². The van der Waals surface area contributed by atoms with Gasteiger partial charge in [-0.15, -0.1) is 0 Å². The highest BCUT2D eigenvalue weighted by Crippen LogP contribution is 2.19. The number of hydrogen-bond acceptors (Lipinski definition) is 4. The summed E-state index contributed by atoms with van der Waals surface area (Å²) in [7, 11) is 0. The number of rotatable bonds is 2. The van der Waals surface area contributed by atoms with E-state index in [2.05, 4.69) is 10.3 Å². The Bertz CT molecular complexity index is 574. The molecule has 1 aliphatic heterocycles. The van der Waals surface area contributed by atoms with Gasteiger partial charge in [-0.2, -0.15) is 11.8 Å². The zero-order chi connectivity index (χ0) is 12.4. The molecule has 2 heterocycles. The van der Waals surface area contributed by atoms with Gasteiger partial charge in [0.2, 0.25) is 0 Å². The molecule has 3 rings (SSSR count). The standard InChI is InChI=1S/C14H14N2OS/c17-14(12-9-18-8-7-15-12)11-5-1-3-10-4-2-6-16-13(10)11/h1-6,12,15H,7-9H2. The fraction of sp³-hybridized carbons (Fsp3) is 0.286. The summed E-state index contributed by atoms with van der Waals surface area (Å²) in [6.07, 6.45) is 1.74. The van der Waals surface area contributed by atoms with Crippen molar-refractivity contribution in [2.45, 2.75) is 6.04 Å². The summed E-state index contributed by atoms with van der Waals surface area (Å²) < 4.78 is 0. The zero-order valence-electron chi connectivity index (χ0n) is 9.93. The number of pyridine rings is 1. The van der Waals surface area contributed by atoms with Crippen LogP contribution in [0.15, 0.2) is 36.5 Å². The van der Waals surface area contributed by atoms with Crippen LogP contribution in [0.2, 0.25) is 0 Å². The Hall–Kier alpha value is -1.39. The predicted octanol–water partition coefficient (Wildman–Crippen LogP) is 2.12. The van der Waals surface area contributed by atoms with Gasteiger partial charge in [-0.25, -0.2) is 0 Å². The number of benzene rings is 1. The SMILES string of the molecule is O=C(c1cccc2cccnc12)C1CSCCN1. The average molecular weight is 258 g/mol. The van der Waals surface area contributed by atoms with Gasteiger partial charge in [0.25, 0.3) is 0 Å². The summed E-state index contributed by atoms with van der Waals surface area (Å²) in [4.78, 5) is 16.8. The van der Waals surface area contributed by atoms with Crippen LogP contribution in [0.1, 0.15) is 10.4 Å². The van der Waals surface area contributed by atoms with Crippen LogP contribution >= 0.6 is 11.8 Å². The van der Waals surface area contributed by atoms with Crippen molar-refractivity contribution in [3.63, 3.8) is 0 Å². The van der Waals surface area contributed by atoms with E-state index in [1.165, 1.54) is 0 Å². The molecular formula is C14H14N2OS. The Kier molecular flexibility index (Phi) is 3.30. The molecule has 2 aromatic rings. The second kappa shape index (κ2) is 5.08. The van der Waals surface area contributed by atoms with E-state index in [0.29, 0.717) is 0 Å². The van der Waals surface area contributed by atoms with Gasteiger partial charge >= 0.3 is 0 Å². The number of hydrogen-bond donors (Lipinski definition) is 1. The molecule has 1 N–H and O–H groups in total. The van der Waals surface area contributed by atoms with Crippen LogP contribution in [0, 0.1) is 0 Å². The van der Waals surface area contributed by atoms with Crippen LogP contribution < -0.4 is 5.32 Å². The van der Waals surface area contributed by atoms with Gasteiger partial charge in [0.05, 0.1) is 11.6 Å². The maximum Gasteiger partial charge on any atom is 0.182 e. The third-order valence-corrected chi connectivity index (χ3v) is 4.20. The summed E-state index contributed by atoms with van der Waals surface area (Å²) in [5.41, 5.74) is 1.54. The van der Waals surface area contributed by atoms with E-state index in [4.69, 9.17) is 0 Å². The minimum atomic E-state index is -0.0728. The maximum atomic E-state index is 12.5. The topological polar surface area (TPSA) is 42.0 Å². The van der Waals surface area contributed by atoms with E-state index in [1.807, 2.05) is 42.1 Å². The second-order valence-electron chi connectivity index (χ2n) is 4.33. The van der Waals surface area contributed by atoms with E-state index < -0.39 is 0 Å². The van der Waals surface area contributed by atoms with Crippen molar-refractivity contribution in [3.05, 3.63) is 42.1 Å². The van der Waals surface area contributed by atoms with Gasteiger partial charge in [-0.1, -0.05) is 18.2 Å². The number of thioether (sulfide) groups is 1. The van der Waals surface area contributed by atoms with Crippen molar-refractivity contribution in [1.82, 2.24) is 10.3 Å². The molecule has 1 aromatic carbocycles. The first-order chi connectivity index (χ1) is 8.86. The fourth-order valence-corrected chi connectivity index (χ4v) is 3.16. The number of nitrogens with one attached hydrogen (secondary N) is 1. The van der Waals surface area contributed by atoms with Gasteiger partial charge in [-0.05, 0) is 12.1 Å². The minimum Gasteiger partial charge on any atom is -0.306 e. The average Bonchev–Trinajstić information content (AvgIpc) is 2.47. The third kappa shape index (κ3) is 2.13. The number of Topliss-reactive ketones (excluding diaryl/α,β-unsaturated/α-hetero) is 1. The molecule has 4 heteroatoms. The molecule has 0 saturated carbocycles. The number of ketones is 1. The highest BCUT2D eigenvalue weighted by atomic mass is 32.2. The van der Waals surface area contributed by atoms with Crippen LogP contribution in [-0.4, -0.2) is 34.9 Å². The van der Waals surface area contributed by atoms with Crippen molar-refractivity contribution in [2.75, 3.05) is 18.1 Å². The summed E-state index contributed by atoms with van der Waals surface area (Å²) in [6.45, 7) is 0.902. The number of carbonyl (C=O) groups is 1. The third-order valence-electron chi connectivity index (χ3n) is 3.14. The first-order valence-corrected chi connectivity index (χ1v) is 7.21. The maximum absolute atomic E-state index is 12.5. The number of carbonyl (C=O) groups excluding carboxylic acids is 1. The molecule has 3 nitrogen and oxygen atoms in total. The van der Waals surface area contributed by atoms with Crippen LogP contribution in [0.4, 0.5) is 0 Å². The van der Waals surface area contributed by atoms with Crippen LogP contribution in [0.25, 0.3) is 10.9 Å². The highest BCUT2D eigenvalue weighted by molar-refractivity contribution is 7.99. The smallest absolute Gasteiger partial charge is 0.182 e. The van der Waals surface area contributed by atoms with Crippen molar-refractivity contribution < 1.29 is 4.79 Å². The van der Waals surface area contributed by atoms with Crippen LogP contribution in [0.5, 0.6) is 0 Å². The molecule has 1 unspecified atom stereocenters. The molecule has 1 atom stereocenters. The highest BCUT2D eigenvalue weighted by Gasteiger charge is 2.23. The van der Waals surface area contributed by atoms with E-state index in [9.17, 15) is 4.79 Å². The monoisotopic (exact) mass is 258 g/mol. The van der Waals surface area contributed by atoms with Crippen LogP contribution in [-0.2, 0) is 0 Å². The molecule has 0 spiro atoms. The lowest BCUT2D eigenvalue weighted by Gasteiger charge is -2.22. The fourth-order valence-electron chi connectivity index (χ4n) is 2.22. The van der Waals surface area contributed by atoms with E-state index in [0.717, 1.165) is 34.5 Å². The molecule has 0 bridgehead atoms. The second-order valence-corrected chi connectivity index (χ2v) is 5.48. The number of fused-ring (bicyclic) bond motifs is 1. The lowest BCUT2D eigenvalue weighted by molar-refractivity contribution is 0.0954. The molecule has 1 aliphatic rings. The molecule has 1 saturated heterocycles. The number of nitrogens with zero attached hydrogens (tertiary/aromatic N) is 1. The van der Waals surface area contributed by atoms with E-state index in [1.54, 1.807) is 6.20 Å². The van der Waals surface area contributed by atoms with Gasteiger partial charge in [0.1, 0.15) is 0 Å². The van der Waals surface area contributed by atoms with Gasteiger partial charge in [0.15, 0.2) is 5.78 Å². The predicted molar refractivity (Wildman–Crippen MR) is 75.2 cm³/mol. The molecule has 1 fully saturated rings. The van der Waals surface area contributed by atoms with Crippen LogP contribution in [0.3, 0.4) is 0 Å². The van der Waals surface area contributed by atoms with Crippen molar-refractivity contribution in [2.24, 2.45) is 0 Å². The van der Waals surface area contributed by atoms with Crippen molar-refractivity contribution in [1.29, 1.82) is 0 Å². The summed E-state index contributed by atoms with van der Waals surface area (Å²) >= 11 is 1.83. The Morgan fingerprint density at radius 1 is 1.33 bits per heavy atom. The number of aromatic nitrogens is 1. The summed E-state index contributed by atoms with van der Waals surface area (Å²) in [6, 6.07) is 9.60. The lowest BCUT2D eigenvalue weighted by atomic mass is 10.0. The van der Waals surface area contributed by atoms with Crippen molar-refractivity contribution >= 4 is 28.4 Å². The van der Waals surface area contributed by atoms with E-state index >= 15 is 0 Å². The lowest BCUT2D eigenvalue weighted by Crippen LogP contribution is -2.43. The Balaban J connectivity index is 2.00. The molecule has 18 heavy (non-hydrogen) atoms. The first kappa shape index (κ1) is 11.7. The van der Waals surface area contributed by atoms with Crippen molar-refractivity contribution in [3.8, 4) is 0 Å². The molecule has 0 radical (unpaired) electrons. The summed E-state index contributed by atoms with van der Waals surface area (Å²) in [5, 5.41) is 4.30. The zero-order valence-corrected chi connectivity index (χ0v) is 10.7. The Morgan fingerprint density at radius 3 is 3.06 bits per heavy atom. The molecule has 0 amide bonds. The quantitative estimate of drug-likeness (QED) is 0.838.